The Labute approximate surface area is 83.2 Å². The number of rotatable bonds is 5. The van der Waals surface area contributed by atoms with Crippen molar-refractivity contribution in [2.24, 2.45) is 5.90 Å². The fourth-order valence-electron chi connectivity index (χ4n) is 1.06. The van der Waals surface area contributed by atoms with Crippen LogP contribution in [0.2, 0.25) is 0 Å². The fourth-order valence-corrected chi connectivity index (χ4v) is 1.06. The van der Waals surface area contributed by atoms with Crippen molar-refractivity contribution in [1.29, 1.82) is 0 Å². The summed E-state index contributed by atoms with van der Waals surface area (Å²) in [6.07, 6.45) is -0.694. The predicted molar refractivity (Wildman–Crippen MR) is 52.8 cm³/mol. The molecule has 0 saturated carbocycles. The first-order valence-corrected chi connectivity index (χ1v) is 4.41. The van der Waals surface area contributed by atoms with E-state index in [1.54, 1.807) is 0 Å². The van der Waals surface area contributed by atoms with Crippen LogP contribution < -0.4 is 10.6 Å². The lowest BCUT2D eigenvalue weighted by atomic mass is 10.2. The number of hydrogen-bond donors (Lipinski definition) is 2. The molecule has 3 N–H and O–H groups in total. The van der Waals surface area contributed by atoms with Gasteiger partial charge in [-0.2, -0.15) is 0 Å². The molecule has 14 heavy (non-hydrogen) atoms. The van der Waals surface area contributed by atoms with Crippen LogP contribution in [0.5, 0.6) is 5.75 Å². The minimum atomic E-state index is -0.694. The van der Waals surface area contributed by atoms with Gasteiger partial charge in [-0.05, 0) is 24.6 Å². The molecule has 0 spiro atoms. The number of nitrogens with two attached hydrogens (primary N) is 1. The van der Waals surface area contributed by atoms with Gasteiger partial charge in [-0.1, -0.05) is 12.1 Å². The molecule has 0 aromatic heterocycles. The smallest absolute Gasteiger partial charge is 0.119 e. The molecule has 4 nitrogen and oxygen atoms in total. The standard InChI is InChI=1S/C10H15NO3/c1-8-3-2-4-10(5-8)13-6-9(12)7-14-11/h2-5,9,12H,6-7,11H2,1H3. The van der Waals surface area contributed by atoms with Crippen LogP contribution in [0.25, 0.3) is 0 Å². The summed E-state index contributed by atoms with van der Waals surface area (Å²) in [5, 5.41) is 9.25. The predicted octanol–water partition coefficient (Wildman–Crippen LogP) is 0.625. The zero-order chi connectivity index (χ0) is 10.4. The molecule has 1 unspecified atom stereocenters. The van der Waals surface area contributed by atoms with E-state index < -0.39 is 6.10 Å². The third-order valence-corrected chi connectivity index (χ3v) is 1.72. The van der Waals surface area contributed by atoms with E-state index in [9.17, 15) is 5.11 Å². The number of aliphatic hydroxyl groups excluding tert-OH is 1. The summed E-state index contributed by atoms with van der Waals surface area (Å²) in [6.45, 7) is 2.23. The minimum Gasteiger partial charge on any atom is -0.491 e. The molecule has 0 fully saturated rings. The van der Waals surface area contributed by atoms with Crippen LogP contribution in [0.4, 0.5) is 0 Å². The van der Waals surface area contributed by atoms with E-state index in [1.165, 1.54) is 0 Å². The van der Waals surface area contributed by atoms with Gasteiger partial charge in [-0.25, -0.2) is 5.90 Å². The Morgan fingerprint density at radius 2 is 2.21 bits per heavy atom. The number of benzene rings is 1. The summed E-state index contributed by atoms with van der Waals surface area (Å²) in [4.78, 5) is 4.29. The largest absolute Gasteiger partial charge is 0.491 e. The number of ether oxygens (including phenoxy) is 1. The van der Waals surface area contributed by atoms with Crippen molar-refractivity contribution in [2.45, 2.75) is 13.0 Å². The highest BCUT2D eigenvalue weighted by atomic mass is 16.6. The van der Waals surface area contributed by atoms with Crippen LogP contribution in [0.15, 0.2) is 24.3 Å². The van der Waals surface area contributed by atoms with Crippen molar-refractivity contribution in [3.8, 4) is 5.75 Å². The van der Waals surface area contributed by atoms with Gasteiger partial charge in [-0.15, -0.1) is 0 Å². The summed E-state index contributed by atoms with van der Waals surface area (Å²) in [5.74, 6) is 5.54. The molecule has 0 aliphatic carbocycles. The summed E-state index contributed by atoms with van der Waals surface area (Å²) in [5.41, 5.74) is 1.12. The van der Waals surface area contributed by atoms with E-state index in [1.807, 2.05) is 31.2 Å². The number of hydrogen-bond acceptors (Lipinski definition) is 4. The Balaban J connectivity index is 2.37. The molecule has 1 rings (SSSR count). The maximum Gasteiger partial charge on any atom is 0.119 e. The van der Waals surface area contributed by atoms with Gasteiger partial charge in [0, 0.05) is 0 Å². The van der Waals surface area contributed by atoms with Gasteiger partial charge < -0.3 is 14.7 Å². The third kappa shape index (κ3) is 3.74. The number of aliphatic hydroxyl groups is 1. The summed E-state index contributed by atoms with van der Waals surface area (Å²) in [7, 11) is 0. The lowest BCUT2D eigenvalue weighted by molar-refractivity contribution is 0.0116. The zero-order valence-electron chi connectivity index (χ0n) is 8.14. The first kappa shape index (κ1) is 11.0. The van der Waals surface area contributed by atoms with E-state index in [4.69, 9.17) is 10.6 Å². The Hall–Kier alpha value is -1.10. The molecule has 1 aromatic rings. The highest BCUT2D eigenvalue weighted by Gasteiger charge is 2.04. The molecule has 0 bridgehead atoms. The summed E-state index contributed by atoms with van der Waals surface area (Å²) >= 11 is 0. The molecule has 1 aromatic carbocycles. The van der Waals surface area contributed by atoms with Crippen LogP contribution in [-0.4, -0.2) is 24.4 Å². The maximum atomic E-state index is 9.25. The monoisotopic (exact) mass is 197 g/mol. The quantitative estimate of drug-likeness (QED) is 0.679. The van der Waals surface area contributed by atoms with Crippen LogP contribution in [-0.2, 0) is 4.84 Å². The minimum absolute atomic E-state index is 0.0752. The third-order valence-electron chi connectivity index (χ3n) is 1.72. The van der Waals surface area contributed by atoms with Crippen molar-refractivity contribution in [3.63, 3.8) is 0 Å². The lowest BCUT2D eigenvalue weighted by Gasteiger charge is -2.11. The van der Waals surface area contributed by atoms with Crippen molar-refractivity contribution in [3.05, 3.63) is 29.8 Å². The topological polar surface area (TPSA) is 64.7 Å². The van der Waals surface area contributed by atoms with Crippen LogP contribution in [0, 0.1) is 6.92 Å². The molecule has 78 valence electrons. The summed E-state index contributed by atoms with van der Waals surface area (Å²) < 4.78 is 5.32. The molecule has 0 heterocycles. The van der Waals surface area contributed by atoms with E-state index in [0.717, 1.165) is 11.3 Å². The summed E-state index contributed by atoms with van der Waals surface area (Å²) in [6, 6.07) is 7.61. The molecule has 0 amide bonds. The zero-order valence-corrected chi connectivity index (χ0v) is 8.14. The molecular formula is C10H15NO3. The number of aryl methyl sites for hydroxylation is 1. The molecule has 4 heteroatoms. The molecule has 0 aliphatic rings. The van der Waals surface area contributed by atoms with Gasteiger partial charge in [-0.3, -0.25) is 0 Å². The Morgan fingerprint density at radius 1 is 1.43 bits per heavy atom. The van der Waals surface area contributed by atoms with E-state index in [0.29, 0.717) is 0 Å². The second kappa shape index (κ2) is 5.59. The highest BCUT2D eigenvalue weighted by Crippen LogP contribution is 2.12. The Kier molecular flexibility index (Phi) is 4.39. The van der Waals surface area contributed by atoms with Crippen molar-refractivity contribution >= 4 is 0 Å². The second-order valence-corrected chi connectivity index (χ2v) is 3.11. The highest BCUT2D eigenvalue weighted by molar-refractivity contribution is 5.27. The Bertz CT molecular complexity index is 278. The van der Waals surface area contributed by atoms with Crippen LogP contribution in [0.1, 0.15) is 5.56 Å². The van der Waals surface area contributed by atoms with E-state index in [2.05, 4.69) is 4.84 Å². The molecular weight excluding hydrogens is 182 g/mol. The Morgan fingerprint density at radius 3 is 2.86 bits per heavy atom. The molecule has 0 radical (unpaired) electrons. The molecule has 0 saturated heterocycles. The normalized spacial score (nSPS) is 12.5. The van der Waals surface area contributed by atoms with Gasteiger partial charge in [0.2, 0.25) is 0 Å². The first-order chi connectivity index (χ1) is 6.72. The first-order valence-electron chi connectivity index (χ1n) is 4.41. The van der Waals surface area contributed by atoms with Gasteiger partial charge in [0.05, 0.1) is 6.61 Å². The van der Waals surface area contributed by atoms with Gasteiger partial charge in [0.25, 0.3) is 0 Å². The van der Waals surface area contributed by atoms with Crippen molar-refractivity contribution in [2.75, 3.05) is 13.2 Å². The molecule has 0 aliphatic heterocycles. The second-order valence-electron chi connectivity index (χ2n) is 3.11. The average Bonchev–Trinajstić information content (AvgIpc) is 2.15. The van der Waals surface area contributed by atoms with Crippen molar-refractivity contribution in [1.82, 2.24) is 0 Å². The van der Waals surface area contributed by atoms with Gasteiger partial charge >= 0.3 is 0 Å². The van der Waals surface area contributed by atoms with Crippen LogP contribution >= 0.6 is 0 Å². The lowest BCUT2D eigenvalue weighted by Crippen LogP contribution is -2.25. The SMILES string of the molecule is Cc1cccc(OCC(O)CON)c1. The van der Waals surface area contributed by atoms with Gasteiger partial charge in [0.1, 0.15) is 18.5 Å². The average molecular weight is 197 g/mol. The van der Waals surface area contributed by atoms with E-state index >= 15 is 0 Å². The van der Waals surface area contributed by atoms with Crippen LogP contribution in [0.3, 0.4) is 0 Å². The molecule has 1 atom stereocenters. The maximum absolute atomic E-state index is 9.25. The fraction of sp³-hybridized carbons (Fsp3) is 0.400. The van der Waals surface area contributed by atoms with E-state index in [-0.39, 0.29) is 13.2 Å². The van der Waals surface area contributed by atoms with Gasteiger partial charge in [0.15, 0.2) is 0 Å². The van der Waals surface area contributed by atoms with Crippen molar-refractivity contribution < 1.29 is 14.7 Å².